The molecule has 1 aliphatic carbocycles. The molecule has 0 bridgehead atoms. The number of carbonyl (C=O) groups is 5. The van der Waals surface area contributed by atoms with Gasteiger partial charge in [-0.3, -0.25) is 24.0 Å². The van der Waals surface area contributed by atoms with E-state index in [0.29, 0.717) is 38.9 Å². The summed E-state index contributed by atoms with van der Waals surface area (Å²) in [7, 11) is 3.05. The van der Waals surface area contributed by atoms with E-state index in [1.165, 1.54) is 14.2 Å². The Hall–Kier alpha value is -4.30. The number of carbonyl (C=O) groups excluding carboxylic acids is 5. The number of hydrogen-bond donors (Lipinski definition) is 1. The minimum absolute atomic E-state index is 0.0981. The Morgan fingerprint density at radius 3 is 2.07 bits per heavy atom. The third-order valence-electron chi connectivity index (χ3n) is 8.03. The first kappa shape index (κ1) is 31.6. The van der Waals surface area contributed by atoms with Gasteiger partial charge in [0, 0.05) is 28.6 Å². The van der Waals surface area contributed by atoms with E-state index in [2.05, 4.69) is 5.32 Å². The number of halogens is 1. The number of aryl methyl sites for hydroxylation is 1. The Bertz CT molecular complexity index is 1560. The smallest absolute Gasteiger partial charge is 0.292 e. The van der Waals surface area contributed by atoms with Crippen LogP contribution in [0.25, 0.3) is 0 Å². The van der Waals surface area contributed by atoms with Gasteiger partial charge in [0.25, 0.3) is 5.91 Å². The maximum absolute atomic E-state index is 14.0. The van der Waals surface area contributed by atoms with Crippen LogP contribution in [0.5, 0.6) is 11.5 Å². The van der Waals surface area contributed by atoms with Crippen LogP contribution < -0.4 is 14.8 Å². The summed E-state index contributed by atoms with van der Waals surface area (Å²) in [6, 6.07) is 18.2. The molecule has 3 aromatic rings. The molecule has 0 unspecified atom stereocenters. The third kappa shape index (κ3) is 6.86. The Morgan fingerprint density at radius 1 is 0.930 bits per heavy atom. The number of amides is 1. The zero-order valence-electron chi connectivity index (χ0n) is 24.7. The molecule has 224 valence electrons. The van der Waals surface area contributed by atoms with Crippen LogP contribution in [0.1, 0.15) is 54.1 Å². The maximum Gasteiger partial charge on any atom is 0.292 e. The SMILES string of the molecule is COc1ccc(C(=O)[C@H](C[C@H]2C(=O)CC(C)(C)[C@@H](C(=O)C(=O)Nc3ccc(Cl)cc3C)C2=O)c2ccc(OC)cc2)cc1. The van der Waals surface area contributed by atoms with Crippen LogP contribution in [-0.2, 0) is 19.2 Å². The lowest BCUT2D eigenvalue weighted by Crippen LogP contribution is -2.52. The van der Waals surface area contributed by atoms with Gasteiger partial charge in [0.15, 0.2) is 11.6 Å². The van der Waals surface area contributed by atoms with Crippen molar-refractivity contribution in [2.45, 2.75) is 39.5 Å². The van der Waals surface area contributed by atoms with Crippen molar-refractivity contribution in [3.63, 3.8) is 0 Å². The van der Waals surface area contributed by atoms with Crippen LogP contribution in [0.15, 0.2) is 66.7 Å². The fourth-order valence-electron chi connectivity index (χ4n) is 5.66. The first-order chi connectivity index (χ1) is 20.4. The maximum atomic E-state index is 14.0. The summed E-state index contributed by atoms with van der Waals surface area (Å²) in [5, 5.41) is 3.06. The van der Waals surface area contributed by atoms with E-state index in [9.17, 15) is 24.0 Å². The lowest BCUT2D eigenvalue weighted by atomic mass is 9.60. The Morgan fingerprint density at radius 2 is 1.51 bits per heavy atom. The molecular weight excluding hydrogens is 570 g/mol. The predicted molar refractivity (Wildman–Crippen MR) is 163 cm³/mol. The summed E-state index contributed by atoms with van der Waals surface area (Å²) in [5.41, 5.74) is 0.911. The average Bonchev–Trinajstić information content (AvgIpc) is 2.97. The summed E-state index contributed by atoms with van der Waals surface area (Å²) in [4.78, 5) is 67.9. The molecule has 1 saturated carbocycles. The molecule has 1 amide bonds. The second-order valence-corrected chi connectivity index (χ2v) is 11.9. The summed E-state index contributed by atoms with van der Waals surface area (Å²) in [6.45, 7) is 4.99. The fourth-order valence-corrected chi connectivity index (χ4v) is 5.88. The quantitative estimate of drug-likeness (QED) is 0.171. The van der Waals surface area contributed by atoms with Crippen LogP contribution in [0, 0.1) is 24.2 Å². The second-order valence-electron chi connectivity index (χ2n) is 11.5. The molecule has 3 atom stereocenters. The number of nitrogens with one attached hydrogen (secondary N) is 1. The van der Waals surface area contributed by atoms with Crippen molar-refractivity contribution in [2.75, 3.05) is 19.5 Å². The highest BCUT2D eigenvalue weighted by molar-refractivity contribution is 6.45. The molecule has 9 heteroatoms. The van der Waals surface area contributed by atoms with E-state index in [-0.39, 0.29) is 24.4 Å². The van der Waals surface area contributed by atoms with Crippen molar-refractivity contribution < 1.29 is 33.4 Å². The van der Waals surface area contributed by atoms with Gasteiger partial charge < -0.3 is 14.8 Å². The monoisotopic (exact) mass is 603 g/mol. The highest BCUT2D eigenvalue weighted by Gasteiger charge is 2.53. The number of Topliss-reactive ketones (excluding diaryl/α,β-unsaturated/α-hetero) is 4. The highest BCUT2D eigenvalue weighted by atomic mass is 35.5. The van der Waals surface area contributed by atoms with Crippen LogP contribution in [0.2, 0.25) is 5.02 Å². The molecule has 0 radical (unpaired) electrons. The molecule has 0 aliphatic heterocycles. The molecule has 1 aliphatic rings. The predicted octanol–water partition coefficient (Wildman–Crippen LogP) is 6.03. The van der Waals surface area contributed by atoms with Crippen molar-refractivity contribution in [2.24, 2.45) is 17.3 Å². The topological polar surface area (TPSA) is 116 Å². The second kappa shape index (κ2) is 12.9. The normalized spacial score (nSPS) is 18.5. The first-order valence-corrected chi connectivity index (χ1v) is 14.2. The minimum Gasteiger partial charge on any atom is -0.497 e. The van der Waals surface area contributed by atoms with E-state index in [1.54, 1.807) is 87.5 Å². The van der Waals surface area contributed by atoms with Crippen molar-refractivity contribution in [3.8, 4) is 11.5 Å². The molecule has 0 saturated heterocycles. The lowest BCUT2D eigenvalue weighted by molar-refractivity contribution is -0.153. The van der Waals surface area contributed by atoms with Gasteiger partial charge in [0.1, 0.15) is 17.3 Å². The van der Waals surface area contributed by atoms with E-state index >= 15 is 0 Å². The van der Waals surface area contributed by atoms with Gasteiger partial charge >= 0.3 is 0 Å². The molecular formula is C34H34ClNO7. The molecule has 4 rings (SSSR count). The summed E-state index contributed by atoms with van der Waals surface area (Å²) >= 11 is 6.01. The molecule has 0 aromatic heterocycles. The van der Waals surface area contributed by atoms with Gasteiger partial charge in [0.05, 0.1) is 26.1 Å². The van der Waals surface area contributed by atoms with Crippen molar-refractivity contribution in [3.05, 3.63) is 88.4 Å². The molecule has 3 aromatic carbocycles. The highest BCUT2D eigenvalue weighted by Crippen LogP contribution is 2.43. The van der Waals surface area contributed by atoms with Gasteiger partial charge in [-0.1, -0.05) is 37.6 Å². The number of methoxy groups -OCH3 is 2. The van der Waals surface area contributed by atoms with Crippen LogP contribution >= 0.6 is 11.6 Å². The van der Waals surface area contributed by atoms with Gasteiger partial charge in [-0.15, -0.1) is 0 Å². The van der Waals surface area contributed by atoms with Crippen LogP contribution in [-0.4, -0.2) is 43.3 Å². The van der Waals surface area contributed by atoms with Crippen molar-refractivity contribution in [1.29, 1.82) is 0 Å². The number of benzene rings is 3. The molecule has 43 heavy (non-hydrogen) atoms. The zero-order valence-corrected chi connectivity index (χ0v) is 25.5. The minimum atomic E-state index is -1.37. The van der Waals surface area contributed by atoms with E-state index in [4.69, 9.17) is 21.1 Å². The van der Waals surface area contributed by atoms with Gasteiger partial charge in [-0.05, 0) is 84.5 Å². The lowest BCUT2D eigenvalue weighted by Gasteiger charge is -2.39. The Labute approximate surface area is 255 Å². The van der Waals surface area contributed by atoms with E-state index < -0.39 is 40.6 Å². The standard InChI is InChI=1S/C34H34ClNO7/c1-19-16-22(35)10-15-27(19)36-33(41)32(40)29-31(39)26(28(37)18-34(29,2)3)17-25(20-6-11-23(42-4)12-7-20)30(38)21-8-13-24(43-5)14-9-21/h6-16,25-26,29H,17-18H2,1-5H3,(H,36,41)/t25-,26+,29-/m1/s1. The number of anilines is 1. The molecule has 1 N–H and O–H groups in total. The fraction of sp³-hybridized carbons (Fsp3) is 0.324. The van der Waals surface area contributed by atoms with E-state index in [1.807, 2.05) is 0 Å². The van der Waals surface area contributed by atoms with Gasteiger partial charge in [-0.25, -0.2) is 0 Å². The summed E-state index contributed by atoms with van der Waals surface area (Å²) < 4.78 is 10.5. The Kier molecular flexibility index (Phi) is 9.50. The van der Waals surface area contributed by atoms with Gasteiger partial charge in [-0.2, -0.15) is 0 Å². The summed E-state index contributed by atoms with van der Waals surface area (Å²) in [5.74, 6) is -5.53. The van der Waals surface area contributed by atoms with Crippen molar-refractivity contribution >= 4 is 46.3 Å². The van der Waals surface area contributed by atoms with E-state index in [0.717, 1.165) is 0 Å². The molecule has 0 heterocycles. The van der Waals surface area contributed by atoms with Gasteiger partial charge in [0.2, 0.25) is 5.78 Å². The third-order valence-corrected chi connectivity index (χ3v) is 8.27. The summed E-state index contributed by atoms with van der Waals surface area (Å²) in [6.07, 6.45) is -0.244. The number of hydrogen-bond acceptors (Lipinski definition) is 7. The number of rotatable bonds is 10. The zero-order chi connectivity index (χ0) is 31.5. The van der Waals surface area contributed by atoms with Crippen LogP contribution in [0.4, 0.5) is 5.69 Å². The largest absolute Gasteiger partial charge is 0.497 e. The van der Waals surface area contributed by atoms with Crippen molar-refractivity contribution in [1.82, 2.24) is 0 Å². The first-order valence-electron chi connectivity index (χ1n) is 13.9. The molecule has 1 fully saturated rings. The Balaban J connectivity index is 1.65. The number of ketones is 4. The molecule has 0 spiro atoms. The number of ether oxygens (including phenoxy) is 2. The average molecular weight is 604 g/mol. The van der Waals surface area contributed by atoms with Crippen LogP contribution in [0.3, 0.4) is 0 Å². The molecule has 8 nitrogen and oxygen atoms in total.